The lowest BCUT2D eigenvalue weighted by Gasteiger charge is -2.37. The number of hydrogen-bond acceptors (Lipinski definition) is 3. The van der Waals surface area contributed by atoms with Crippen molar-refractivity contribution in [3.8, 4) is 0 Å². The van der Waals surface area contributed by atoms with Crippen LogP contribution >= 0.6 is 11.8 Å². The Labute approximate surface area is 125 Å². The van der Waals surface area contributed by atoms with E-state index < -0.39 is 0 Å². The largest absolute Gasteiger partial charge is 0.396 e. The van der Waals surface area contributed by atoms with Crippen LogP contribution < -0.4 is 0 Å². The van der Waals surface area contributed by atoms with Crippen molar-refractivity contribution >= 4 is 17.7 Å². The Morgan fingerprint density at radius 1 is 1.30 bits per heavy atom. The summed E-state index contributed by atoms with van der Waals surface area (Å²) in [7, 11) is 0. The van der Waals surface area contributed by atoms with Crippen molar-refractivity contribution in [1.82, 2.24) is 4.90 Å². The second-order valence-electron chi connectivity index (χ2n) is 5.23. The fourth-order valence-electron chi connectivity index (χ4n) is 2.36. The van der Waals surface area contributed by atoms with E-state index in [9.17, 15) is 4.79 Å². The van der Waals surface area contributed by atoms with Crippen LogP contribution in [0.1, 0.15) is 31.2 Å². The van der Waals surface area contributed by atoms with Crippen LogP contribution in [0.15, 0.2) is 30.3 Å². The molecule has 0 aromatic heterocycles. The SMILES string of the molecule is O=C(CSCc1ccccc1)N(CCCO)C1CCC1. The number of aliphatic hydroxyl groups is 1. The first-order valence-electron chi connectivity index (χ1n) is 7.33. The number of rotatable bonds is 8. The van der Waals surface area contributed by atoms with Crippen LogP contribution in [0.3, 0.4) is 0 Å². The van der Waals surface area contributed by atoms with E-state index in [1.807, 2.05) is 23.1 Å². The zero-order chi connectivity index (χ0) is 14.2. The third kappa shape index (κ3) is 4.53. The van der Waals surface area contributed by atoms with Gasteiger partial charge in [0.15, 0.2) is 0 Å². The minimum absolute atomic E-state index is 0.160. The van der Waals surface area contributed by atoms with Crippen molar-refractivity contribution in [2.24, 2.45) is 0 Å². The first kappa shape index (κ1) is 15.4. The van der Waals surface area contributed by atoms with Gasteiger partial charge in [0.05, 0.1) is 5.75 Å². The van der Waals surface area contributed by atoms with E-state index in [0.29, 0.717) is 24.8 Å². The van der Waals surface area contributed by atoms with Crippen molar-refractivity contribution in [3.05, 3.63) is 35.9 Å². The molecule has 0 unspecified atom stereocenters. The molecule has 1 aliphatic rings. The number of benzene rings is 1. The fraction of sp³-hybridized carbons (Fsp3) is 0.562. The molecule has 0 saturated heterocycles. The lowest BCUT2D eigenvalue weighted by Crippen LogP contribution is -2.45. The molecule has 20 heavy (non-hydrogen) atoms. The third-order valence-corrected chi connectivity index (χ3v) is 4.72. The zero-order valence-corrected chi connectivity index (χ0v) is 12.6. The molecule has 1 aromatic carbocycles. The molecule has 1 amide bonds. The highest BCUT2D eigenvalue weighted by Crippen LogP contribution is 2.26. The molecule has 1 aromatic rings. The Morgan fingerprint density at radius 2 is 2.05 bits per heavy atom. The maximum Gasteiger partial charge on any atom is 0.232 e. The summed E-state index contributed by atoms with van der Waals surface area (Å²) >= 11 is 1.67. The molecule has 0 spiro atoms. The molecule has 110 valence electrons. The van der Waals surface area contributed by atoms with Crippen molar-refractivity contribution in [2.45, 2.75) is 37.5 Å². The number of hydrogen-bond donors (Lipinski definition) is 1. The summed E-state index contributed by atoms with van der Waals surface area (Å²) in [4.78, 5) is 14.3. The number of carbonyl (C=O) groups excluding carboxylic acids is 1. The minimum atomic E-state index is 0.160. The molecule has 0 radical (unpaired) electrons. The lowest BCUT2D eigenvalue weighted by atomic mass is 9.91. The van der Waals surface area contributed by atoms with Crippen LogP contribution in [0.5, 0.6) is 0 Å². The average Bonchev–Trinajstić information content (AvgIpc) is 2.42. The van der Waals surface area contributed by atoms with E-state index in [1.54, 1.807) is 11.8 Å². The quantitative estimate of drug-likeness (QED) is 0.801. The molecule has 0 heterocycles. The van der Waals surface area contributed by atoms with Crippen LogP contribution in [0.2, 0.25) is 0 Å². The monoisotopic (exact) mass is 293 g/mol. The summed E-state index contributed by atoms with van der Waals surface area (Å²) < 4.78 is 0. The lowest BCUT2D eigenvalue weighted by molar-refractivity contribution is -0.132. The highest BCUT2D eigenvalue weighted by atomic mass is 32.2. The normalized spacial score (nSPS) is 14.8. The van der Waals surface area contributed by atoms with Gasteiger partial charge in [0.25, 0.3) is 0 Å². The Kier molecular flexibility index (Phi) is 6.40. The van der Waals surface area contributed by atoms with E-state index in [2.05, 4.69) is 12.1 Å². The van der Waals surface area contributed by atoms with E-state index in [4.69, 9.17) is 5.11 Å². The summed E-state index contributed by atoms with van der Waals surface area (Å²) in [5.41, 5.74) is 1.26. The smallest absolute Gasteiger partial charge is 0.232 e. The van der Waals surface area contributed by atoms with Gasteiger partial charge in [-0.1, -0.05) is 30.3 Å². The maximum atomic E-state index is 12.3. The van der Waals surface area contributed by atoms with Crippen LogP contribution in [-0.4, -0.2) is 40.9 Å². The Balaban J connectivity index is 1.76. The van der Waals surface area contributed by atoms with Crippen LogP contribution in [0.4, 0.5) is 0 Å². The summed E-state index contributed by atoms with van der Waals surface area (Å²) in [6, 6.07) is 10.7. The number of nitrogens with zero attached hydrogens (tertiary/aromatic N) is 1. The number of amides is 1. The van der Waals surface area contributed by atoms with Gasteiger partial charge in [-0.25, -0.2) is 0 Å². The van der Waals surface area contributed by atoms with Gasteiger partial charge in [0.1, 0.15) is 0 Å². The molecule has 0 bridgehead atoms. The molecule has 0 aliphatic heterocycles. The predicted molar refractivity (Wildman–Crippen MR) is 83.7 cm³/mol. The first-order valence-corrected chi connectivity index (χ1v) is 8.48. The van der Waals surface area contributed by atoms with Gasteiger partial charge in [-0.2, -0.15) is 0 Å². The molecule has 4 heteroatoms. The van der Waals surface area contributed by atoms with Gasteiger partial charge in [-0.3, -0.25) is 4.79 Å². The van der Waals surface area contributed by atoms with Crippen LogP contribution in [0.25, 0.3) is 0 Å². The first-order chi connectivity index (χ1) is 9.81. The molecule has 3 nitrogen and oxygen atoms in total. The Bertz CT molecular complexity index is 406. The standard InChI is InChI=1S/C16H23NO2S/c18-11-5-10-17(15-8-4-9-15)16(19)13-20-12-14-6-2-1-3-7-14/h1-3,6-7,15,18H,4-5,8-13H2. The second kappa shape index (κ2) is 8.32. The summed E-state index contributed by atoms with van der Waals surface area (Å²) in [6.45, 7) is 0.861. The highest BCUT2D eigenvalue weighted by molar-refractivity contribution is 7.99. The van der Waals surface area contributed by atoms with Crippen molar-refractivity contribution in [1.29, 1.82) is 0 Å². The Morgan fingerprint density at radius 3 is 2.65 bits per heavy atom. The van der Waals surface area contributed by atoms with Gasteiger partial charge in [0, 0.05) is 24.9 Å². The predicted octanol–water partition coefficient (Wildman–Crippen LogP) is 2.68. The van der Waals surface area contributed by atoms with Crippen LogP contribution in [-0.2, 0) is 10.5 Å². The van der Waals surface area contributed by atoms with Gasteiger partial charge < -0.3 is 10.0 Å². The second-order valence-corrected chi connectivity index (χ2v) is 6.21. The molecule has 1 saturated carbocycles. The minimum Gasteiger partial charge on any atom is -0.396 e. The van der Waals surface area contributed by atoms with E-state index in [-0.39, 0.29) is 12.5 Å². The van der Waals surface area contributed by atoms with Crippen molar-refractivity contribution in [2.75, 3.05) is 18.9 Å². The molecule has 0 atom stereocenters. The van der Waals surface area contributed by atoms with Gasteiger partial charge in [-0.05, 0) is 31.2 Å². The van der Waals surface area contributed by atoms with Crippen LogP contribution in [0, 0.1) is 0 Å². The highest BCUT2D eigenvalue weighted by Gasteiger charge is 2.27. The summed E-state index contributed by atoms with van der Waals surface area (Å²) in [6.07, 6.45) is 4.16. The van der Waals surface area contributed by atoms with Gasteiger partial charge in [0.2, 0.25) is 5.91 Å². The van der Waals surface area contributed by atoms with Gasteiger partial charge >= 0.3 is 0 Å². The molecule has 1 fully saturated rings. The number of aliphatic hydroxyl groups excluding tert-OH is 1. The fourth-order valence-corrected chi connectivity index (χ4v) is 3.23. The number of carbonyl (C=O) groups is 1. The van der Waals surface area contributed by atoms with E-state index in [1.165, 1.54) is 12.0 Å². The number of thioether (sulfide) groups is 1. The molecular weight excluding hydrogens is 270 g/mol. The maximum absolute atomic E-state index is 12.3. The molecular formula is C16H23NO2S. The van der Waals surface area contributed by atoms with Crippen molar-refractivity contribution < 1.29 is 9.90 Å². The molecule has 1 aliphatic carbocycles. The average molecular weight is 293 g/mol. The zero-order valence-electron chi connectivity index (χ0n) is 11.8. The summed E-state index contributed by atoms with van der Waals surface area (Å²) in [5.74, 6) is 1.64. The molecule has 2 rings (SSSR count). The molecule has 1 N–H and O–H groups in total. The Hall–Kier alpha value is -1.00. The van der Waals surface area contributed by atoms with Gasteiger partial charge in [-0.15, -0.1) is 11.8 Å². The van der Waals surface area contributed by atoms with E-state index in [0.717, 1.165) is 18.6 Å². The topological polar surface area (TPSA) is 40.5 Å². The third-order valence-electron chi connectivity index (χ3n) is 3.73. The summed E-state index contributed by atoms with van der Waals surface area (Å²) in [5, 5.41) is 8.95. The van der Waals surface area contributed by atoms with E-state index >= 15 is 0 Å². The van der Waals surface area contributed by atoms with Crippen molar-refractivity contribution in [3.63, 3.8) is 0 Å².